The first kappa shape index (κ1) is 12.8. The Bertz CT molecular complexity index is 543. The molecule has 0 N–H and O–H groups in total. The van der Waals surface area contributed by atoms with Crippen molar-refractivity contribution in [1.29, 1.82) is 0 Å². The molecule has 3 nitrogen and oxygen atoms in total. The molecule has 0 atom stereocenters. The zero-order chi connectivity index (χ0) is 13.0. The zero-order valence-electron chi connectivity index (χ0n) is 10.5. The smallest absolute Gasteiger partial charge is 0.135 e. The Morgan fingerprint density at radius 1 is 1.28 bits per heavy atom. The predicted octanol–water partition coefficient (Wildman–Crippen LogP) is 3.37. The third-order valence-electron chi connectivity index (χ3n) is 2.54. The number of nitrogens with zero attached hydrogens (tertiary/aromatic N) is 2. The van der Waals surface area contributed by atoms with Crippen LogP contribution in [0.25, 0.3) is 0 Å². The van der Waals surface area contributed by atoms with Crippen molar-refractivity contribution in [3.05, 3.63) is 52.6 Å². The fourth-order valence-corrected chi connectivity index (χ4v) is 1.69. The fourth-order valence-electron chi connectivity index (χ4n) is 1.54. The maximum absolute atomic E-state index is 5.94. The van der Waals surface area contributed by atoms with Gasteiger partial charge in [-0.2, -0.15) is 0 Å². The summed E-state index contributed by atoms with van der Waals surface area (Å²) in [5.74, 6) is 1.58. The van der Waals surface area contributed by atoms with E-state index in [2.05, 4.69) is 9.97 Å². The molecule has 0 spiro atoms. The average molecular weight is 263 g/mol. The molecule has 94 valence electrons. The number of benzene rings is 1. The molecule has 1 heterocycles. The van der Waals surface area contributed by atoms with Crippen LogP contribution >= 0.6 is 11.6 Å². The van der Waals surface area contributed by atoms with Gasteiger partial charge in [0.2, 0.25) is 0 Å². The van der Waals surface area contributed by atoms with Crippen molar-refractivity contribution in [2.45, 2.75) is 20.3 Å². The first-order chi connectivity index (χ1) is 8.65. The normalized spacial score (nSPS) is 10.4. The Labute approximate surface area is 112 Å². The zero-order valence-corrected chi connectivity index (χ0v) is 11.2. The molecule has 0 aliphatic rings. The van der Waals surface area contributed by atoms with Gasteiger partial charge in [0.05, 0.1) is 6.61 Å². The minimum atomic E-state index is 0.510. The summed E-state index contributed by atoms with van der Waals surface area (Å²) in [6.45, 7) is 4.47. The summed E-state index contributed by atoms with van der Waals surface area (Å²) in [6, 6.07) is 7.96. The van der Waals surface area contributed by atoms with E-state index in [0.29, 0.717) is 24.0 Å². The lowest BCUT2D eigenvalue weighted by Crippen LogP contribution is -2.05. The van der Waals surface area contributed by atoms with Crippen LogP contribution in [0.1, 0.15) is 17.0 Å². The van der Waals surface area contributed by atoms with E-state index in [1.807, 2.05) is 38.1 Å². The molecule has 2 rings (SSSR count). The van der Waals surface area contributed by atoms with Gasteiger partial charge >= 0.3 is 0 Å². The van der Waals surface area contributed by atoms with Gasteiger partial charge in [0.1, 0.15) is 16.7 Å². The molecule has 2 aromatic rings. The van der Waals surface area contributed by atoms with E-state index in [1.54, 1.807) is 6.20 Å². The first-order valence-electron chi connectivity index (χ1n) is 5.82. The lowest BCUT2D eigenvalue weighted by molar-refractivity contribution is 0.318. The van der Waals surface area contributed by atoms with Gasteiger partial charge < -0.3 is 4.74 Å². The summed E-state index contributed by atoms with van der Waals surface area (Å²) in [5, 5.41) is 0.510. The van der Waals surface area contributed by atoms with E-state index < -0.39 is 0 Å². The van der Waals surface area contributed by atoms with Crippen LogP contribution in [-0.4, -0.2) is 16.6 Å². The van der Waals surface area contributed by atoms with Crippen molar-refractivity contribution in [3.63, 3.8) is 0 Å². The molecule has 0 aliphatic carbocycles. The molecule has 0 bridgehead atoms. The molecule has 0 radical (unpaired) electrons. The van der Waals surface area contributed by atoms with Crippen LogP contribution in [0, 0.1) is 13.8 Å². The van der Waals surface area contributed by atoms with E-state index in [1.165, 1.54) is 5.56 Å². The third kappa shape index (κ3) is 3.44. The Morgan fingerprint density at radius 3 is 2.83 bits per heavy atom. The summed E-state index contributed by atoms with van der Waals surface area (Å²) >= 11 is 5.94. The second-order valence-electron chi connectivity index (χ2n) is 4.18. The highest BCUT2D eigenvalue weighted by atomic mass is 35.5. The molecule has 0 saturated carbocycles. The molecule has 1 aromatic carbocycles. The number of halogens is 1. The van der Waals surface area contributed by atoms with Crippen molar-refractivity contribution >= 4 is 11.6 Å². The molecular weight excluding hydrogens is 248 g/mol. The van der Waals surface area contributed by atoms with Crippen molar-refractivity contribution in [2.24, 2.45) is 0 Å². The lowest BCUT2D eigenvalue weighted by atomic mass is 10.2. The topological polar surface area (TPSA) is 35.0 Å². The van der Waals surface area contributed by atoms with Gasteiger partial charge in [0, 0.05) is 18.2 Å². The molecule has 4 heteroatoms. The maximum Gasteiger partial charge on any atom is 0.135 e. The lowest BCUT2D eigenvalue weighted by Gasteiger charge is -2.06. The Hall–Kier alpha value is -1.61. The number of hydrogen-bond acceptors (Lipinski definition) is 3. The summed E-state index contributed by atoms with van der Waals surface area (Å²) in [6.07, 6.45) is 2.38. The maximum atomic E-state index is 5.94. The number of ether oxygens (including phenoxy) is 1. The molecule has 18 heavy (non-hydrogen) atoms. The SMILES string of the molecule is Cc1cccc(OCCc2ncc(C)c(Cl)n2)c1. The summed E-state index contributed by atoms with van der Waals surface area (Å²) < 4.78 is 5.64. The van der Waals surface area contributed by atoms with Gasteiger partial charge in [-0.05, 0) is 31.5 Å². The molecular formula is C14H15ClN2O. The standard InChI is InChI=1S/C14H15ClN2O/c1-10-4-3-5-12(8-10)18-7-6-13-16-9-11(2)14(15)17-13/h3-5,8-9H,6-7H2,1-2H3. The van der Waals surface area contributed by atoms with E-state index in [0.717, 1.165) is 11.3 Å². The van der Waals surface area contributed by atoms with Crippen molar-refractivity contribution in [1.82, 2.24) is 9.97 Å². The van der Waals surface area contributed by atoms with Gasteiger partial charge in [0.15, 0.2) is 0 Å². The molecule has 1 aromatic heterocycles. The van der Waals surface area contributed by atoms with E-state index >= 15 is 0 Å². The monoisotopic (exact) mass is 262 g/mol. The minimum Gasteiger partial charge on any atom is -0.493 e. The average Bonchev–Trinajstić information content (AvgIpc) is 2.34. The van der Waals surface area contributed by atoms with Crippen LogP contribution in [-0.2, 0) is 6.42 Å². The highest BCUT2D eigenvalue weighted by Crippen LogP contribution is 2.13. The molecule has 0 aliphatic heterocycles. The largest absolute Gasteiger partial charge is 0.493 e. The van der Waals surface area contributed by atoms with Crippen LogP contribution < -0.4 is 4.74 Å². The molecule has 0 unspecified atom stereocenters. The summed E-state index contributed by atoms with van der Waals surface area (Å²) in [7, 11) is 0. The van der Waals surface area contributed by atoms with Gasteiger partial charge in [0.25, 0.3) is 0 Å². The second kappa shape index (κ2) is 5.83. The van der Waals surface area contributed by atoms with E-state index in [-0.39, 0.29) is 0 Å². The Morgan fingerprint density at radius 2 is 2.11 bits per heavy atom. The summed E-state index contributed by atoms with van der Waals surface area (Å²) in [4.78, 5) is 8.41. The van der Waals surface area contributed by atoms with Crippen LogP contribution in [0.2, 0.25) is 5.15 Å². The number of rotatable bonds is 4. The number of aryl methyl sites for hydroxylation is 2. The van der Waals surface area contributed by atoms with Crippen LogP contribution in [0.15, 0.2) is 30.5 Å². The van der Waals surface area contributed by atoms with Gasteiger partial charge in [-0.25, -0.2) is 9.97 Å². The highest BCUT2D eigenvalue weighted by Gasteiger charge is 2.02. The number of hydrogen-bond donors (Lipinski definition) is 0. The quantitative estimate of drug-likeness (QED) is 0.793. The van der Waals surface area contributed by atoms with E-state index in [9.17, 15) is 0 Å². The first-order valence-corrected chi connectivity index (χ1v) is 6.20. The third-order valence-corrected chi connectivity index (χ3v) is 2.93. The van der Waals surface area contributed by atoms with Crippen LogP contribution in [0.3, 0.4) is 0 Å². The van der Waals surface area contributed by atoms with Crippen molar-refractivity contribution in [3.8, 4) is 5.75 Å². The second-order valence-corrected chi connectivity index (χ2v) is 4.53. The minimum absolute atomic E-state index is 0.510. The molecule has 0 fully saturated rings. The highest BCUT2D eigenvalue weighted by molar-refractivity contribution is 6.30. The van der Waals surface area contributed by atoms with Crippen molar-refractivity contribution < 1.29 is 4.74 Å². The Balaban J connectivity index is 1.90. The van der Waals surface area contributed by atoms with Gasteiger partial charge in [-0.3, -0.25) is 0 Å². The Kier molecular flexibility index (Phi) is 4.15. The van der Waals surface area contributed by atoms with Crippen molar-refractivity contribution in [2.75, 3.05) is 6.61 Å². The molecule has 0 saturated heterocycles. The molecule has 0 amide bonds. The van der Waals surface area contributed by atoms with Gasteiger partial charge in [-0.1, -0.05) is 23.7 Å². The van der Waals surface area contributed by atoms with Gasteiger partial charge in [-0.15, -0.1) is 0 Å². The predicted molar refractivity (Wildman–Crippen MR) is 72.2 cm³/mol. The summed E-state index contributed by atoms with van der Waals surface area (Å²) in [5.41, 5.74) is 2.07. The number of aromatic nitrogens is 2. The van der Waals surface area contributed by atoms with Crippen LogP contribution in [0.5, 0.6) is 5.75 Å². The van der Waals surface area contributed by atoms with E-state index in [4.69, 9.17) is 16.3 Å². The van der Waals surface area contributed by atoms with Crippen LogP contribution in [0.4, 0.5) is 0 Å². The fraction of sp³-hybridized carbons (Fsp3) is 0.286.